The number of aryl methyl sites for hydroxylation is 1. The van der Waals surface area contributed by atoms with Crippen molar-refractivity contribution >= 4 is 16.9 Å². The van der Waals surface area contributed by atoms with Gasteiger partial charge in [-0.2, -0.15) is 0 Å². The summed E-state index contributed by atoms with van der Waals surface area (Å²) in [5, 5.41) is 2.89. The molecule has 0 spiro atoms. The lowest BCUT2D eigenvalue weighted by Gasteiger charge is -2.12. The van der Waals surface area contributed by atoms with Crippen molar-refractivity contribution in [2.45, 2.75) is 52.5 Å². The zero-order chi connectivity index (χ0) is 22.2. The third-order valence-corrected chi connectivity index (χ3v) is 5.61. The molecule has 31 heavy (non-hydrogen) atoms. The molecule has 1 atom stereocenters. The standard InChI is InChI=1S/C26H33N3O2/c1-5-20(4)21-11-13-22(14-12-21)31-18-8-17-29-24-10-7-6-9-23(24)28-25(29)15-16-27-26(30)19(2)3/h6-7,9-14,20H,2,5,8,15-18H2,1,3-4H3,(H,27,30). The SMILES string of the molecule is C=C(C)C(=O)NCCc1nc2ccccc2n1CCCOc1ccc(C(C)CC)cc1. The normalized spacial score (nSPS) is 12.0. The highest BCUT2D eigenvalue weighted by molar-refractivity contribution is 5.92. The largest absolute Gasteiger partial charge is 0.494 e. The van der Waals surface area contributed by atoms with Crippen molar-refractivity contribution in [1.29, 1.82) is 0 Å². The van der Waals surface area contributed by atoms with Gasteiger partial charge in [0.15, 0.2) is 0 Å². The molecule has 1 heterocycles. The minimum atomic E-state index is -0.115. The maximum atomic E-state index is 11.8. The van der Waals surface area contributed by atoms with Crippen molar-refractivity contribution in [3.63, 3.8) is 0 Å². The maximum absolute atomic E-state index is 11.8. The summed E-state index contributed by atoms with van der Waals surface area (Å²) in [5.74, 6) is 2.34. The minimum absolute atomic E-state index is 0.115. The van der Waals surface area contributed by atoms with Gasteiger partial charge in [0.25, 0.3) is 0 Å². The summed E-state index contributed by atoms with van der Waals surface area (Å²) in [6, 6.07) is 16.6. The van der Waals surface area contributed by atoms with Crippen LogP contribution >= 0.6 is 0 Å². The number of aromatic nitrogens is 2. The summed E-state index contributed by atoms with van der Waals surface area (Å²) in [6.45, 7) is 11.8. The topological polar surface area (TPSA) is 56.2 Å². The van der Waals surface area contributed by atoms with Crippen LogP contribution in [0.1, 0.15) is 50.9 Å². The lowest BCUT2D eigenvalue weighted by molar-refractivity contribution is -0.117. The number of benzene rings is 2. The summed E-state index contributed by atoms with van der Waals surface area (Å²) >= 11 is 0. The van der Waals surface area contributed by atoms with Crippen molar-refractivity contribution in [3.05, 3.63) is 72.1 Å². The first-order valence-corrected chi connectivity index (χ1v) is 11.1. The number of carbonyl (C=O) groups excluding carboxylic acids is 1. The van der Waals surface area contributed by atoms with Crippen molar-refractivity contribution in [2.24, 2.45) is 0 Å². The van der Waals surface area contributed by atoms with Gasteiger partial charge >= 0.3 is 0 Å². The zero-order valence-electron chi connectivity index (χ0n) is 18.9. The highest BCUT2D eigenvalue weighted by Crippen LogP contribution is 2.22. The Bertz CT molecular complexity index is 1020. The molecule has 0 saturated carbocycles. The third-order valence-electron chi connectivity index (χ3n) is 5.61. The van der Waals surface area contributed by atoms with Crippen molar-refractivity contribution < 1.29 is 9.53 Å². The number of nitrogens with one attached hydrogen (secondary N) is 1. The Morgan fingerprint density at radius 2 is 1.94 bits per heavy atom. The van der Waals surface area contributed by atoms with Crippen LogP contribution in [0, 0.1) is 0 Å². The van der Waals surface area contributed by atoms with Gasteiger partial charge in [-0.3, -0.25) is 4.79 Å². The molecule has 0 saturated heterocycles. The number of hydrogen-bond donors (Lipinski definition) is 1. The molecule has 5 nitrogen and oxygen atoms in total. The van der Waals surface area contributed by atoms with E-state index in [0.717, 1.165) is 42.0 Å². The molecule has 0 aliphatic rings. The molecule has 2 aromatic carbocycles. The molecule has 164 valence electrons. The molecule has 1 unspecified atom stereocenters. The van der Waals surface area contributed by atoms with Crippen LogP contribution in [0.2, 0.25) is 0 Å². The van der Waals surface area contributed by atoms with E-state index in [0.29, 0.717) is 31.1 Å². The van der Waals surface area contributed by atoms with Crippen molar-refractivity contribution in [1.82, 2.24) is 14.9 Å². The molecule has 3 aromatic rings. The van der Waals surface area contributed by atoms with Crippen molar-refractivity contribution in [3.8, 4) is 5.75 Å². The summed E-state index contributed by atoms with van der Waals surface area (Å²) in [5.41, 5.74) is 3.96. The molecular weight excluding hydrogens is 386 g/mol. The van der Waals surface area contributed by atoms with Gasteiger partial charge in [0, 0.05) is 25.1 Å². The van der Waals surface area contributed by atoms with E-state index in [2.05, 4.69) is 60.6 Å². The number of amides is 1. The third kappa shape index (κ3) is 5.97. The predicted molar refractivity (Wildman–Crippen MR) is 127 cm³/mol. The molecule has 1 N–H and O–H groups in total. The van der Waals surface area contributed by atoms with Gasteiger partial charge < -0.3 is 14.6 Å². The average Bonchev–Trinajstić information content (AvgIpc) is 3.13. The second-order valence-electron chi connectivity index (χ2n) is 8.03. The van der Waals surface area contributed by atoms with Gasteiger partial charge in [-0.05, 0) is 55.5 Å². The monoisotopic (exact) mass is 419 g/mol. The molecule has 1 aromatic heterocycles. The number of fused-ring (bicyclic) bond motifs is 1. The summed E-state index contributed by atoms with van der Waals surface area (Å²) in [4.78, 5) is 16.5. The van der Waals surface area contributed by atoms with E-state index in [1.54, 1.807) is 6.92 Å². The molecule has 0 aliphatic carbocycles. The number of ether oxygens (including phenoxy) is 1. The molecule has 0 fully saturated rings. The van der Waals surface area contributed by atoms with Crippen LogP contribution in [0.4, 0.5) is 0 Å². The van der Waals surface area contributed by atoms with Crippen LogP contribution < -0.4 is 10.1 Å². The lowest BCUT2D eigenvalue weighted by Crippen LogP contribution is -2.26. The summed E-state index contributed by atoms with van der Waals surface area (Å²) < 4.78 is 8.20. The molecule has 0 bridgehead atoms. The fraction of sp³-hybridized carbons (Fsp3) is 0.385. The molecule has 0 aliphatic heterocycles. The van der Waals surface area contributed by atoms with Crippen LogP contribution in [0.25, 0.3) is 11.0 Å². The van der Waals surface area contributed by atoms with Gasteiger partial charge in [0.2, 0.25) is 5.91 Å². The average molecular weight is 420 g/mol. The molecular formula is C26H33N3O2. The number of carbonyl (C=O) groups is 1. The van der Waals surface area contributed by atoms with Gasteiger partial charge in [-0.1, -0.05) is 44.7 Å². The Balaban J connectivity index is 1.58. The van der Waals surface area contributed by atoms with E-state index in [-0.39, 0.29) is 5.91 Å². The van der Waals surface area contributed by atoms with Crippen molar-refractivity contribution in [2.75, 3.05) is 13.2 Å². The Labute approximate surface area is 185 Å². The van der Waals surface area contributed by atoms with Gasteiger partial charge in [0.05, 0.1) is 17.6 Å². The quantitative estimate of drug-likeness (QED) is 0.341. The second-order valence-corrected chi connectivity index (χ2v) is 8.03. The number of nitrogens with zero attached hydrogens (tertiary/aromatic N) is 2. The van der Waals surface area contributed by atoms with Crippen LogP contribution in [0.15, 0.2) is 60.7 Å². The summed E-state index contributed by atoms with van der Waals surface area (Å²) in [6.07, 6.45) is 2.68. The predicted octanol–water partition coefficient (Wildman–Crippen LogP) is 5.25. The lowest BCUT2D eigenvalue weighted by atomic mass is 9.99. The van der Waals surface area contributed by atoms with E-state index in [4.69, 9.17) is 9.72 Å². The van der Waals surface area contributed by atoms with Crippen LogP contribution in [0.5, 0.6) is 5.75 Å². The summed E-state index contributed by atoms with van der Waals surface area (Å²) in [7, 11) is 0. The van der Waals surface area contributed by atoms with Crippen LogP contribution in [-0.2, 0) is 17.8 Å². The fourth-order valence-corrected chi connectivity index (χ4v) is 3.55. The first kappa shape index (κ1) is 22.6. The smallest absolute Gasteiger partial charge is 0.246 e. The molecule has 5 heteroatoms. The van der Waals surface area contributed by atoms with Crippen LogP contribution in [0.3, 0.4) is 0 Å². The minimum Gasteiger partial charge on any atom is -0.494 e. The molecule has 3 rings (SSSR count). The molecule has 0 radical (unpaired) electrons. The second kappa shape index (κ2) is 10.8. The fourth-order valence-electron chi connectivity index (χ4n) is 3.55. The van der Waals surface area contributed by atoms with E-state index in [9.17, 15) is 4.79 Å². The molecule has 1 amide bonds. The van der Waals surface area contributed by atoms with E-state index in [1.165, 1.54) is 5.56 Å². The Hall–Kier alpha value is -3.08. The van der Waals surface area contributed by atoms with E-state index >= 15 is 0 Å². The van der Waals surface area contributed by atoms with Gasteiger partial charge in [-0.25, -0.2) is 4.98 Å². The highest BCUT2D eigenvalue weighted by Gasteiger charge is 2.11. The van der Waals surface area contributed by atoms with E-state index < -0.39 is 0 Å². The number of hydrogen-bond acceptors (Lipinski definition) is 3. The number of rotatable bonds is 11. The first-order chi connectivity index (χ1) is 15.0. The Kier molecular flexibility index (Phi) is 7.88. The Morgan fingerprint density at radius 1 is 1.19 bits per heavy atom. The first-order valence-electron chi connectivity index (χ1n) is 11.1. The van der Waals surface area contributed by atoms with Gasteiger partial charge in [0.1, 0.15) is 11.6 Å². The zero-order valence-corrected chi connectivity index (χ0v) is 18.9. The Morgan fingerprint density at radius 3 is 2.65 bits per heavy atom. The number of imidazole rings is 1. The van der Waals surface area contributed by atoms with Gasteiger partial charge in [-0.15, -0.1) is 0 Å². The number of para-hydroxylation sites is 2. The highest BCUT2D eigenvalue weighted by atomic mass is 16.5. The maximum Gasteiger partial charge on any atom is 0.246 e. The van der Waals surface area contributed by atoms with Crippen LogP contribution in [-0.4, -0.2) is 28.6 Å². The van der Waals surface area contributed by atoms with E-state index in [1.807, 2.05) is 18.2 Å².